The molecule has 1 aromatic carbocycles. The quantitative estimate of drug-likeness (QED) is 0.547. The zero-order chi connectivity index (χ0) is 22.1. The SMILES string of the molecule is Cc1ccc(-n2c(SCC(=O)Nc3sc4c(c3C#N)CCC4)nnc2N2CCCC2)cc1. The molecule has 1 fully saturated rings. The summed E-state index contributed by atoms with van der Waals surface area (Å²) in [5.74, 6) is 0.903. The normalized spacial score (nSPS) is 15.1. The summed E-state index contributed by atoms with van der Waals surface area (Å²) in [6.07, 6.45) is 5.32. The molecule has 1 aliphatic carbocycles. The number of nitrogens with zero attached hydrogens (tertiary/aromatic N) is 5. The van der Waals surface area contributed by atoms with Gasteiger partial charge in [0.05, 0.1) is 17.0 Å². The fraction of sp³-hybridized carbons (Fsp3) is 0.391. The first kappa shape index (κ1) is 21.0. The Kier molecular flexibility index (Phi) is 5.89. The van der Waals surface area contributed by atoms with E-state index in [4.69, 9.17) is 0 Å². The van der Waals surface area contributed by atoms with Crippen molar-refractivity contribution in [2.75, 3.05) is 29.1 Å². The van der Waals surface area contributed by atoms with Gasteiger partial charge in [0.25, 0.3) is 0 Å². The van der Waals surface area contributed by atoms with Gasteiger partial charge in [-0.05, 0) is 56.7 Å². The predicted octanol–water partition coefficient (Wildman–Crippen LogP) is 4.33. The number of fused-ring (bicyclic) bond motifs is 1. The molecule has 9 heteroatoms. The maximum atomic E-state index is 12.7. The lowest BCUT2D eigenvalue weighted by Crippen LogP contribution is -2.22. The molecule has 3 heterocycles. The van der Waals surface area contributed by atoms with Crippen molar-refractivity contribution >= 4 is 40.0 Å². The Morgan fingerprint density at radius 2 is 1.97 bits per heavy atom. The average molecular weight is 465 g/mol. The molecule has 0 saturated carbocycles. The van der Waals surface area contributed by atoms with E-state index in [2.05, 4.69) is 57.7 Å². The molecule has 0 unspecified atom stereocenters. The molecule has 164 valence electrons. The van der Waals surface area contributed by atoms with Gasteiger partial charge < -0.3 is 10.2 Å². The molecule has 0 bridgehead atoms. The largest absolute Gasteiger partial charge is 0.341 e. The van der Waals surface area contributed by atoms with Crippen molar-refractivity contribution in [3.05, 3.63) is 45.8 Å². The first-order valence-corrected chi connectivity index (χ1v) is 12.7. The van der Waals surface area contributed by atoms with E-state index in [0.717, 1.165) is 62.4 Å². The molecule has 32 heavy (non-hydrogen) atoms. The van der Waals surface area contributed by atoms with Gasteiger partial charge in [0, 0.05) is 18.0 Å². The van der Waals surface area contributed by atoms with Crippen molar-refractivity contribution in [3.8, 4) is 11.8 Å². The summed E-state index contributed by atoms with van der Waals surface area (Å²) in [6, 6.07) is 10.6. The standard InChI is InChI=1S/C23H24N6OS2/c1-15-7-9-16(10-8-15)29-22(28-11-2-3-12-28)26-27-23(29)31-14-20(30)25-21-18(13-24)17-5-4-6-19(17)32-21/h7-10H,2-6,11-12,14H2,1H3,(H,25,30). The van der Waals surface area contributed by atoms with E-state index in [-0.39, 0.29) is 11.7 Å². The van der Waals surface area contributed by atoms with Crippen molar-refractivity contribution in [2.45, 2.75) is 44.2 Å². The van der Waals surface area contributed by atoms with Crippen LogP contribution >= 0.6 is 23.1 Å². The Hall–Kier alpha value is -2.83. The fourth-order valence-corrected chi connectivity index (χ4v) is 6.30. The smallest absolute Gasteiger partial charge is 0.235 e. The van der Waals surface area contributed by atoms with Gasteiger partial charge >= 0.3 is 0 Å². The van der Waals surface area contributed by atoms with Crippen LogP contribution in [0, 0.1) is 18.3 Å². The lowest BCUT2D eigenvalue weighted by Gasteiger charge is -2.18. The highest BCUT2D eigenvalue weighted by atomic mass is 32.2. The summed E-state index contributed by atoms with van der Waals surface area (Å²) in [6.45, 7) is 4.00. The molecular weight excluding hydrogens is 440 g/mol. The minimum Gasteiger partial charge on any atom is -0.341 e. The first-order valence-electron chi connectivity index (χ1n) is 10.9. The predicted molar refractivity (Wildman–Crippen MR) is 128 cm³/mol. The number of carbonyl (C=O) groups excluding carboxylic acids is 1. The van der Waals surface area contributed by atoms with Gasteiger partial charge in [0.15, 0.2) is 5.16 Å². The van der Waals surface area contributed by atoms with Crippen molar-refractivity contribution in [1.82, 2.24) is 14.8 Å². The van der Waals surface area contributed by atoms with Crippen LogP contribution in [-0.4, -0.2) is 39.5 Å². The molecule has 2 aromatic heterocycles. The summed E-state index contributed by atoms with van der Waals surface area (Å²) < 4.78 is 2.04. The van der Waals surface area contributed by atoms with E-state index in [1.54, 1.807) is 11.3 Å². The number of thioether (sulfide) groups is 1. The number of hydrogen-bond donors (Lipinski definition) is 1. The molecule has 3 aromatic rings. The number of nitrogens with one attached hydrogen (secondary N) is 1. The molecule has 1 amide bonds. The number of hydrogen-bond acceptors (Lipinski definition) is 7. The number of benzene rings is 1. The number of nitriles is 1. The second kappa shape index (κ2) is 8.96. The summed E-state index contributed by atoms with van der Waals surface area (Å²) in [4.78, 5) is 16.2. The highest BCUT2D eigenvalue weighted by molar-refractivity contribution is 7.99. The van der Waals surface area contributed by atoms with E-state index in [0.29, 0.717) is 15.7 Å². The van der Waals surface area contributed by atoms with Crippen LogP contribution in [0.25, 0.3) is 5.69 Å². The second-order valence-corrected chi connectivity index (χ2v) is 10.2. The molecule has 0 radical (unpaired) electrons. The van der Waals surface area contributed by atoms with Crippen LogP contribution in [0.15, 0.2) is 29.4 Å². The van der Waals surface area contributed by atoms with Gasteiger partial charge in [0.2, 0.25) is 11.9 Å². The van der Waals surface area contributed by atoms with Gasteiger partial charge in [-0.3, -0.25) is 9.36 Å². The zero-order valence-electron chi connectivity index (χ0n) is 17.9. The molecule has 0 atom stereocenters. The van der Waals surface area contributed by atoms with E-state index in [1.807, 2.05) is 4.57 Å². The van der Waals surface area contributed by atoms with Gasteiger partial charge in [0.1, 0.15) is 11.1 Å². The monoisotopic (exact) mass is 464 g/mol. The number of anilines is 2. The zero-order valence-corrected chi connectivity index (χ0v) is 19.6. The second-order valence-electron chi connectivity index (χ2n) is 8.16. The lowest BCUT2D eigenvalue weighted by atomic mass is 10.1. The Balaban J connectivity index is 1.35. The van der Waals surface area contributed by atoms with Gasteiger partial charge in [-0.1, -0.05) is 29.5 Å². The molecule has 1 N–H and O–H groups in total. The molecule has 7 nitrogen and oxygen atoms in total. The van der Waals surface area contributed by atoms with E-state index < -0.39 is 0 Å². The van der Waals surface area contributed by atoms with Crippen molar-refractivity contribution in [2.24, 2.45) is 0 Å². The van der Waals surface area contributed by atoms with Crippen LogP contribution in [-0.2, 0) is 17.6 Å². The van der Waals surface area contributed by atoms with Crippen LogP contribution < -0.4 is 10.2 Å². The van der Waals surface area contributed by atoms with Crippen molar-refractivity contribution in [3.63, 3.8) is 0 Å². The maximum Gasteiger partial charge on any atom is 0.235 e. The van der Waals surface area contributed by atoms with Crippen LogP contribution in [0.4, 0.5) is 10.9 Å². The minimum absolute atomic E-state index is 0.132. The maximum absolute atomic E-state index is 12.7. The number of thiophene rings is 1. The average Bonchev–Trinajstić information content (AvgIpc) is 3.56. The molecule has 1 saturated heterocycles. The van der Waals surface area contributed by atoms with Crippen LogP contribution in [0.5, 0.6) is 0 Å². The van der Waals surface area contributed by atoms with Crippen LogP contribution in [0.1, 0.15) is 40.8 Å². The number of aromatic nitrogens is 3. The summed E-state index contributed by atoms with van der Waals surface area (Å²) in [7, 11) is 0. The first-order chi connectivity index (χ1) is 15.6. The van der Waals surface area contributed by atoms with Crippen molar-refractivity contribution < 1.29 is 4.79 Å². The Morgan fingerprint density at radius 1 is 1.19 bits per heavy atom. The van der Waals surface area contributed by atoms with E-state index in [9.17, 15) is 10.1 Å². The third-order valence-electron chi connectivity index (χ3n) is 5.92. The van der Waals surface area contributed by atoms with Gasteiger partial charge in [-0.2, -0.15) is 5.26 Å². The summed E-state index contributed by atoms with van der Waals surface area (Å²) >= 11 is 2.91. The molecular formula is C23H24N6OS2. The molecule has 5 rings (SSSR count). The number of rotatable bonds is 6. The highest BCUT2D eigenvalue weighted by Gasteiger charge is 2.25. The van der Waals surface area contributed by atoms with Gasteiger partial charge in [-0.15, -0.1) is 21.5 Å². The minimum atomic E-state index is -0.132. The van der Waals surface area contributed by atoms with E-state index >= 15 is 0 Å². The Morgan fingerprint density at radius 3 is 2.72 bits per heavy atom. The molecule has 2 aliphatic rings. The number of aryl methyl sites for hydroxylation is 2. The summed E-state index contributed by atoms with van der Waals surface area (Å²) in [5.41, 5.74) is 3.94. The molecule has 1 aliphatic heterocycles. The number of amides is 1. The highest BCUT2D eigenvalue weighted by Crippen LogP contribution is 2.38. The Labute approximate surface area is 195 Å². The van der Waals surface area contributed by atoms with Gasteiger partial charge in [-0.25, -0.2) is 0 Å². The van der Waals surface area contributed by atoms with Crippen LogP contribution in [0.2, 0.25) is 0 Å². The topological polar surface area (TPSA) is 86.8 Å². The summed E-state index contributed by atoms with van der Waals surface area (Å²) in [5, 5.41) is 22.8. The third kappa shape index (κ3) is 4.00. The fourth-order valence-electron chi connectivity index (χ4n) is 4.30. The van der Waals surface area contributed by atoms with E-state index in [1.165, 1.54) is 22.2 Å². The number of carbonyl (C=O) groups is 1. The lowest BCUT2D eigenvalue weighted by molar-refractivity contribution is -0.113. The van der Waals surface area contributed by atoms with Crippen LogP contribution in [0.3, 0.4) is 0 Å². The Bertz CT molecular complexity index is 1180. The third-order valence-corrected chi connectivity index (χ3v) is 8.05. The van der Waals surface area contributed by atoms with Crippen molar-refractivity contribution in [1.29, 1.82) is 5.26 Å². The molecule has 0 spiro atoms.